The second kappa shape index (κ2) is 6.06. The van der Waals surface area contributed by atoms with Gasteiger partial charge >= 0.3 is 0 Å². The minimum Gasteiger partial charge on any atom is -0.318 e. The minimum absolute atomic E-state index is 0.303. The maximum absolute atomic E-state index is 13.5. The van der Waals surface area contributed by atoms with Crippen molar-refractivity contribution >= 4 is 44.2 Å². The SMILES string of the molecule is O=c1c2ccccc2c2ccccc2c(=O)n1-c1ccc2c(c1)SC1=NCCN12. The largest absolute Gasteiger partial charge is 0.318 e. The molecule has 4 aromatic rings. The molecule has 0 bridgehead atoms. The zero-order valence-electron chi connectivity index (χ0n) is 15.3. The molecular formula is C23H15N3O2S. The van der Waals surface area contributed by atoms with Crippen LogP contribution in [0.5, 0.6) is 0 Å². The molecule has 0 N–H and O–H groups in total. The number of thioether (sulfide) groups is 1. The Hall–Kier alpha value is -3.38. The lowest BCUT2D eigenvalue weighted by atomic mass is 10.1. The van der Waals surface area contributed by atoms with Crippen molar-refractivity contribution in [2.75, 3.05) is 18.0 Å². The van der Waals surface area contributed by atoms with E-state index in [0.717, 1.165) is 39.6 Å². The van der Waals surface area contributed by atoms with Crippen LogP contribution in [0.2, 0.25) is 0 Å². The minimum atomic E-state index is -0.303. The first-order valence-electron chi connectivity index (χ1n) is 9.43. The van der Waals surface area contributed by atoms with E-state index in [4.69, 9.17) is 0 Å². The first kappa shape index (κ1) is 16.6. The van der Waals surface area contributed by atoms with Crippen molar-refractivity contribution < 1.29 is 0 Å². The summed E-state index contributed by atoms with van der Waals surface area (Å²) in [5.74, 6) is 0. The monoisotopic (exact) mass is 397 g/mol. The van der Waals surface area contributed by atoms with Gasteiger partial charge in [-0.15, -0.1) is 0 Å². The van der Waals surface area contributed by atoms with E-state index in [0.29, 0.717) is 16.5 Å². The lowest BCUT2D eigenvalue weighted by molar-refractivity contribution is 0.965. The number of benzene rings is 3. The average molecular weight is 397 g/mol. The van der Waals surface area contributed by atoms with E-state index >= 15 is 0 Å². The molecule has 0 radical (unpaired) electrons. The van der Waals surface area contributed by atoms with Gasteiger partial charge in [-0.25, -0.2) is 4.57 Å². The molecule has 2 aliphatic heterocycles. The lowest BCUT2D eigenvalue weighted by Crippen LogP contribution is -2.28. The molecule has 6 rings (SSSR count). The summed E-state index contributed by atoms with van der Waals surface area (Å²) in [6.45, 7) is 1.68. The number of aliphatic imine (C=N–C) groups is 1. The molecule has 0 fully saturated rings. The van der Waals surface area contributed by atoms with Gasteiger partial charge in [-0.2, -0.15) is 0 Å². The van der Waals surface area contributed by atoms with Crippen LogP contribution < -0.4 is 16.0 Å². The van der Waals surface area contributed by atoms with E-state index in [1.54, 1.807) is 23.9 Å². The van der Waals surface area contributed by atoms with Crippen molar-refractivity contribution in [3.63, 3.8) is 0 Å². The quantitative estimate of drug-likeness (QED) is 0.490. The molecule has 2 aliphatic rings. The number of hydrogen-bond donors (Lipinski definition) is 0. The molecule has 0 aliphatic carbocycles. The van der Waals surface area contributed by atoms with Crippen molar-refractivity contribution in [3.05, 3.63) is 87.4 Å². The van der Waals surface area contributed by atoms with Crippen LogP contribution >= 0.6 is 11.8 Å². The maximum atomic E-state index is 13.5. The molecule has 0 saturated carbocycles. The molecule has 0 saturated heterocycles. The number of nitrogens with zero attached hydrogens (tertiary/aromatic N) is 3. The fraction of sp³-hybridized carbons (Fsp3) is 0.0870. The third kappa shape index (κ3) is 2.32. The van der Waals surface area contributed by atoms with E-state index in [2.05, 4.69) is 9.89 Å². The summed E-state index contributed by atoms with van der Waals surface area (Å²) in [5.41, 5.74) is 1.07. The highest BCUT2D eigenvalue weighted by molar-refractivity contribution is 8.14. The van der Waals surface area contributed by atoms with Crippen molar-refractivity contribution in [1.82, 2.24) is 4.57 Å². The Morgan fingerprint density at radius 3 is 2.07 bits per heavy atom. The Bertz CT molecular complexity index is 1420. The van der Waals surface area contributed by atoms with Crippen LogP contribution in [0, 0.1) is 0 Å². The number of fused-ring (bicyclic) bond motifs is 6. The summed E-state index contributed by atoms with van der Waals surface area (Å²) >= 11 is 1.59. The zero-order chi connectivity index (χ0) is 19.5. The number of aromatic nitrogens is 1. The Morgan fingerprint density at radius 2 is 1.41 bits per heavy atom. The molecule has 140 valence electrons. The Balaban J connectivity index is 1.71. The van der Waals surface area contributed by atoms with Gasteiger partial charge in [-0.3, -0.25) is 14.6 Å². The van der Waals surface area contributed by atoms with Gasteiger partial charge in [0, 0.05) is 22.2 Å². The van der Waals surface area contributed by atoms with E-state index in [9.17, 15) is 9.59 Å². The molecule has 1 aromatic heterocycles. The molecule has 0 amide bonds. The molecule has 0 spiro atoms. The fourth-order valence-corrected chi connectivity index (χ4v) is 5.27. The predicted molar refractivity (Wildman–Crippen MR) is 119 cm³/mol. The van der Waals surface area contributed by atoms with Crippen LogP contribution in [0.1, 0.15) is 0 Å². The van der Waals surface area contributed by atoms with Crippen LogP contribution in [-0.2, 0) is 0 Å². The molecule has 3 aromatic carbocycles. The third-order valence-corrected chi connectivity index (χ3v) is 6.59. The average Bonchev–Trinajstić information content (AvgIpc) is 3.32. The van der Waals surface area contributed by atoms with Gasteiger partial charge in [0.15, 0.2) is 5.17 Å². The Kier molecular flexibility index (Phi) is 3.46. The smallest absolute Gasteiger partial charge is 0.265 e. The van der Waals surface area contributed by atoms with Gasteiger partial charge in [0.25, 0.3) is 11.1 Å². The van der Waals surface area contributed by atoms with Gasteiger partial charge in [-0.1, -0.05) is 36.4 Å². The summed E-state index contributed by atoms with van der Waals surface area (Å²) in [5, 5.41) is 3.62. The molecule has 0 unspecified atom stereocenters. The van der Waals surface area contributed by atoms with Crippen molar-refractivity contribution in [2.45, 2.75) is 4.90 Å². The lowest BCUT2D eigenvalue weighted by Gasteiger charge is -2.12. The highest BCUT2D eigenvalue weighted by Gasteiger charge is 2.29. The Morgan fingerprint density at radius 1 is 0.793 bits per heavy atom. The van der Waals surface area contributed by atoms with E-state index < -0.39 is 0 Å². The van der Waals surface area contributed by atoms with Gasteiger partial charge in [0.05, 0.1) is 17.9 Å². The highest BCUT2D eigenvalue weighted by atomic mass is 32.2. The van der Waals surface area contributed by atoms with Crippen LogP contribution in [0.4, 0.5) is 5.69 Å². The molecule has 3 heterocycles. The summed E-state index contributed by atoms with van der Waals surface area (Å²) in [6.07, 6.45) is 0. The first-order chi connectivity index (χ1) is 14.2. The fourth-order valence-electron chi connectivity index (χ4n) is 4.16. The topological polar surface area (TPSA) is 54.7 Å². The highest BCUT2D eigenvalue weighted by Crippen LogP contribution is 2.42. The maximum Gasteiger partial charge on any atom is 0.265 e. The predicted octanol–water partition coefficient (Wildman–Crippen LogP) is 3.79. The standard InChI is InChI=1S/C23H15N3O2S/c27-21-17-7-3-1-5-15(17)16-6-2-4-8-18(16)22(28)26(21)14-9-10-19-20(13-14)29-23-24-11-12-25(19)23/h1-10,13H,11-12H2. The van der Waals surface area contributed by atoms with Crippen molar-refractivity contribution in [2.24, 2.45) is 4.99 Å². The normalized spacial score (nSPS) is 14.9. The van der Waals surface area contributed by atoms with Gasteiger partial charge < -0.3 is 4.90 Å². The number of rotatable bonds is 1. The number of hydrogen-bond acceptors (Lipinski definition) is 5. The second-order valence-corrected chi connectivity index (χ2v) is 8.12. The molecular weight excluding hydrogens is 382 g/mol. The summed E-state index contributed by atoms with van der Waals surface area (Å²) < 4.78 is 1.30. The van der Waals surface area contributed by atoms with Gasteiger partial charge in [-0.05, 0) is 52.9 Å². The van der Waals surface area contributed by atoms with Crippen LogP contribution in [0.3, 0.4) is 0 Å². The summed E-state index contributed by atoms with van der Waals surface area (Å²) in [7, 11) is 0. The second-order valence-electron chi connectivity index (χ2n) is 7.11. The number of anilines is 1. The number of amidine groups is 1. The molecule has 6 heteroatoms. The van der Waals surface area contributed by atoms with Crippen LogP contribution in [0.15, 0.2) is 86.2 Å². The first-order valence-corrected chi connectivity index (χ1v) is 10.2. The van der Waals surface area contributed by atoms with Crippen molar-refractivity contribution in [3.8, 4) is 5.69 Å². The Labute approximate surface area is 169 Å². The molecule has 5 nitrogen and oxygen atoms in total. The third-order valence-electron chi connectivity index (χ3n) is 5.51. The van der Waals surface area contributed by atoms with E-state index in [-0.39, 0.29) is 11.1 Å². The van der Waals surface area contributed by atoms with E-state index in [1.807, 2.05) is 54.6 Å². The summed E-state index contributed by atoms with van der Waals surface area (Å²) in [4.78, 5) is 34.7. The van der Waals surface area contributed by atoms with Crippen LogP contribution in [0.25, 0.3) is 27.2 Å². The summed E-state index contributed by atoms with van der Waals surface area (Å²) in [6, 6.07) is 20.6. The van der Waals surface area contributed by atoms with Gasteiger partial charge in [0.1, 0.15) is 0 Å². The van der Waals surface area contributed by atoms with Gasteiger partial charge in [0.2, 0.25) is 0 Å². The van der Waals surface area contributed by atoms with Crippen molar-refractivity contribution in [1.29, 1.82) is 0 Å². The van der Waals surface area contributed by atoms with E-state index in [1.165, 1.54) is 4.57 Å². The molecule has 29 heavy (non-hydrogen) atoms. The molecule has 0 atom stereocenters. The van der Waals surface area contributed by atoms with Crippen LogP contribution in [-0.4, -0.2) is 22.8 Å². The zero-order valence-corrected chi connectivity index (χ0v) is 16.1.